The summed E-state index contributed by atoms with van der Waals surface area (Å²) in [6, 6.07) is 13.3. The molecule has 0 spiro atoms. The molecule has 2 rings (SSSR count). The van der Waals surface area contributed by atoms with Crippen LogP contribution >= 0.6 is 7.60 Å². The van der Waals surface area contributed by atoms with Crippen molar-refractivity contribution >= 4 is 18.4 Å². The first-order valence-corrected chi connectivity index (χ1v) is 7.58. The van der Waals surface area contributed by atoms with Crippen molar-refractivity contribution in [3.05, 3.63) is 68.0 Å². The summed E-state index contributed by atoms with van der Waals surface area (Å²) in [6.07, 6.45) is 2.77. The molecule has 3 nitrogen and oxygen atoms in total. The maximum atomic E-state index is 12.4. The van der Waals surface area contributed by atoms with E-state index >= 15 is 0 Å². The summed E-state index contributed by atoms with van der Waals surface area (Å²) in [5, 5.41) is 1.91. The summed E-state index contributed by atoms with van der Waals surface area (Å²) in [7, 11) is -3.28. The SMILES string of the molecule is C=CCP(=O)(OC=C)Oc1cccc2ccccc12. The van der Waals surface area contributed by atoms with E-state index in [2.05, 4.69) is 13.2 Å². The molecule has 0 N–H and O–H groups in total. The molecule has 1 atom stereocenters. The highest BCUT2D eigenvalue weighted by atomic mass is 31.2. The van der Waals surface area contributed by atoms with Gasteiger partial charge in [-0.1, -0.05) is 49.1 Å². The van der Waals surface area contributed by atoms with Gasteiger partial charge in [0.1, 0.15) is 5.75 Å². The van der Waals surface area contributed by atoms with Gasteiger partial charge in [0.15, 0.2) is 0 Å². The van der Waals surface area contributed by atoms with Crippen LogP contribution < -0.4 is 4.52 Å². The second kappa shape index (κ2) is 5.77. The van der Waals surface area contributed by atoms with Crippen LogP contribution in [0.4, 0.5) is 0 Å². The monoisotopic (exact) mass is 274 g/mol. The fourth-order valence-electron chi connectivity index (χ4n) is 1.80. The second-order valence-corrected chi connectivity index (χ2v) is 5.90. The Morgan fingerprint density at radius 2 is 1.84 bits per heavy atom. The third-order valence-corrected chi connectivity index (χ3v) is 4.23. The van der Waals surface area contributed by atoms with Crippen LogP contribution in [0.1, 0.15) is 0 Å². The quantitative estimate of drug-likeness (QED) is 0.433. The largest absolute Gasteiger partial charge is 0.433 e. The van der Waals surface area contributed by atoms with Crippen molar-refractivity contribution in [2.24, 2.45) is 0 Å². The fraction of sp³-hybridized carbons (Fsp3) is 0.0667. The van der Waals surface area contributed by atoms with Crippen LogP contribution in [0.2, 0.25) is 0 Å². The van der Waals surface area contributed by atoms with Crippen molar-refractivity contribution < 1.29 is 13.6 Å². The van der Waals surface area contributed by atoms with E-state index in [1.54, 1.807) is 6.07 Å². The van der Waals surface area contributed by atoms with Crippen molar-refractivity contribution in [2.75, 3.05) is 6.16 Å². The molecule has 0 aliphatic rings. The lowest BCUT2D eigenvalue weighted by Crippen LogP contribution is -1.98. The smallest absolute Gasteiger partial charge is 0.424 e. The van der Waals surface area contributed by atoms with Gasteiger partial charge in [-0.2, -0.15) is 0 Å². The molecular weight excluding hydrogens is 259 g/mol. The van der Waals surface area contributed by atoms with Gasteiger partial charge in [0.2, 0.25) is 0 Å². The molecule has 2 aromatic rings. The van der Waals surface area contributed by atoms with Crippen molar-refractivity contribution in [3.63, 3.8) is 0 Å². The molecule has 98 valence electrons. The van der Waals surface area contributed by atoms with E-state index in [1.807, 2.05) is 36.4 Å². The summed E-state index contributed by atoms with van der Waals surface area (Å²) in [5.41, 5.74) is 0. The molecule has 4 heteroatoms. The Morgan fingerprint density at radius 3 is 2.58 bits per heavy atom. The minimum absolute atomic E-state index is 0.127. The van der Waals surface area contributed by atoms with Gasteiger partial charge < -0.3 is 9.05 Å². The zero-order chi connectivity index (χ0) is 13.7. The van der Waals surface area contributed by atoms with Gasteiger partial charge >= 0.3 is 7.60 Å². The molecule has 0 radical (unpaired) electrons. The highest BCUT2D eigenvalue weighted by molar-refractivity contribution is 7.54. The Bertz CT molecular complexity index is 629. The molecule has 0 amide bonds. The van der Waals surface area contributed by atoms with Gasteiger partial charge in [0.05, 0.1) is 12.4 Å². The van der Waals surface area contributed by atoms with E-state index in [9.17, 15) is 4.57 Å². The van der Waals surface area contributed by atoms with Crippen LogP contribution in [-0.4, -0.2) is 6.16 Å². The predicted molar refractivity (Wildman–Crippen MR) is 78.5 cm³/mol. The van der Waals surface area contributed by atoms with Gasteiger partial charge in [0.25, 0.3) is 0 Å². The maximum absolute atomic E-state index is 12.4. The Hall–Kier alpha value is -1.99. The van der Waals surface area contributed by atoms with Crippen molar-refractivity contribution in [1.29, 1.82) is 0 Å². The third-order valence-electron chi connectivity index (χ3n) is 2.57. The van der Waals surface area contributed by atoms with E-state index in [-0.39, 0.29) is 6.16 Å². The number of hydrogen-bond acceptors (Lipinski definition) is 3. The number of hydrogen-bond donors (Lipinski definition) is 0. The molecule has 0 aliphatic carbocycles. The molecule has 0 heterocycles. The summed E-state index contributed by atoms with van der Waals surface area (Å²) < 4.78 is 23.1. The Balaban J connectivity index is 2.41. The van der Waals surface area contributed by atoms with E-state index in [4.69, 9.17) is 9.05 Å². The molecule has 0 saturated heterocycles. The number of rotatable bonds is 6. The molecule has 1 unspecified atom stereocenters. The molecular formula is C15H15O3P. The van der Waals surface area contributed by atoms with Crippen LogP contribution in [-0.2, 0) is 9.09 Å². The van der Waals surface area contributed by atoms with Crippen molar-refractivity contribution in [2.45, 2.75) is 0 Å². The lowest BCUT2D eigenvalue weighted by molar-refractivity contribution is 0.360. The van der Waals surface area contributed by atoms with Crippen LogP contribution in [0.15, 0.2) is 68.0 Å². The van der Waals surface area contributed by atoms with Gasteiger partial charge in [-0.15, -0.1) is 6.58 Å². The van der Waals surface area contributed by atoms with Crippen LogP contribution in [0, 0.1) is 0 Å². The van der Waals surface area contributed by atoms with Crippen molar-refractivity contribution in [1.82, 2.24) is 0 Å². The summed E-state index contributed by atoms with van der Waals surface area (Å²) >= 11 is 0. The van der Waals surface area contributed by atoms with E-state index in [1.165, 1.54) is 6.08 Å². The lowest BCUT2D eigenvalue weighted by atomic mass is 10.1. The van der Waals surface area contributed by atoms with Gasteiger partial charge in [-0.25, -0.2) is 4.57 Å². The first-order valence-electron chi connectivity index (χ1n) is 5.85. The zero-order valence-corrected chi connectivity index (χ0v) is 11.4. The first-order chi connectivity index (χ1) is 9.18. The molecule has 0 saturated carbocycles. The minimum atomic E-state index is -3.28. The van der Waals surface area contributed by atoms with E-state index in [0.29, 0.717) is 5.75 Å². The lowest BCUT2D eigenvalue weighted by Gasteiger charge is -2.17. The zero-order valence-electron chi connectivity index (χ0n) is 10.5. The summed E-state index contributed by atoms with van der Waals surface area (Å²) in [5.74, 6) is 0.533. The second-order valence-electron chi connectivity index (χ2n) is 3.92. The minimum Gasteiger partial charge on any atom is -0.424 e. The number of allylic oxidation sites excluding steroid dienone is 1. The Morgan fingerprint density at radius 1 is 1.11 bits per heavy atom. The Kier molecular flexibility index (Phi) is 4.08. The van der Waals surface area contributed by atoms with Gasteiger partial charge in [-0.05, 0) is 11.5 Å². The van der Waals surface area contributed by atoms with Crippen LogP contribution in [0.5, 0.6) is 5.75 Å². The summed E-state index contributed by atoms with van der Waals surface area (Å²) in [6.45, 7) is 6.99. The third kappa shape index (κ3) is 3.07. The standard InChI is InChI=1S/C15H15O3P/c1-3-12-19(16,17-4-2)18-15-11-7-9-13-8-5-6-10-14(13)15/h3-11H,1-2,12H2. The highest BCUT2D eigenvalue weighted by Crippen LogP contribution is 2.49. The van der Waals surface area contributed by atoms with Crippen molar-refractivity contribution in [3.8, 4) is 5.75 Å². The fourth-order valence-corrected chi connectivity index (χ4v) is 3.00. The molecule has 0 aromatic heterocycles. The van der Waals surface area contributed by atoms with Crippen LogP contribution in [0.3, 0.4) is 0 Å². The van der Waals surface area contributed by atoms with Gasteiger partial charge in [-0.3, -0.25) is 0 Å². The normalized spacial score (nSPS) is 13.5. The van der Waals surface area contributed by atoms with E-state index < -0.39 is 7.60 Å². The highest BCUT2D eigenvalue weighted by Gasteiger charge is 2.25. The Labute approximate surface area is 112 Å². The molecule has 0 fully saturated rings. The van der Waals surface area contributed by atoms with Gasteiger partial charge in [0, 0.05) is 5.39 Å². The average Bonchev–Trinajstić information content (AvgIpc) is 2.39. The summed E-state index contributed by atoms with van der Waals surface area (Å²) in [4.78, 5) is 0. The maximum Gasteiger partial charge on any atom is 0.433 e. The molecule has 0 bridgehead atoms. The predicted octanol–water partition coefficient (Wildman–Crippen LogP) is 4.76. The topological polar surface area (TPSA) is 35.5 Å². The number of benzene rings is 2. The number of fused-ring (bicyclic) bond motifs is 1. The molecule has 19 heavy (non-hydrogen) atoms. The van der Waals surface area contributed by atoms with E-state index in [0.717, 1.165) is 17.0 Å². The molecule has 0 aliphatic heterocycles. The molecule has 2 aromatic carbocycles. The van der Waals surface area contributed by atoms with Crippen LogP contribution in [0.25, 0.3) is 10.8 Å². The first kappa shape index (κ1) is 13.4. The average molecular weight is 274 g/mol.